The predicted octanol–water partition coefficient (Wildman–Crippen LogP) is 2.61. The summed E-state index contributed by atoms with van der Waals surface area (Å²) in [4.78, 5) is 0.0829. The molecule has 8 heteroatoms. The second kappa shape index (κ2) is 7.64. The predicted molar refractivity (Wildman–Crippen MR) is 84.5 cm³/mol. The maximum Gasteiger partial charge on any atom is 0.240 e. The summed E-state index contributed by atoms with van der Waals surface area (Å²) >= 11 is 11.6. The normalized spacial score (nSPS) is 15.4. The van der Waals surface area contributed by atoms with Gasteiger partial charge in [-0.05, 0) is 31.2 Å². The van der Waals surface area contributed by atoms with Gasteiger partial charge in [-0.2, -0.15) is 0 Å². The Bertz CT molecular complexity index is 582. The minimum atomic E-state index is -3.58. The zero-order valence-electron chi connectivity index (χ0n) is 10.5. The number of hydrogen-bond donors (Lipinski definition) is 2. The lowest BCUT2D eigenvalue weighted by atomic mass is 10.1. The topological polar surface area (TPSA) is 58.2 Å². The van der Waals surface area contributed by atoms with Crippen molar-refractivity contribution < 1.29 is 8.42 Å². The fourth-order valence-corrected chi connectivity index (χ4v) is 3.55. The average molecular weight is 358 g/mol. The molecular formula is C12H15Cl3N2O2S. The Morgan fingerprint density at radius 3 is 2.40 bits per heavy atom. The smallest absolute Gasteiger partial charge is 0.240 e. The van der Waals surface area contributed by atoms with E-state index in [-0.39, 0.29) is 17.3 Å². The average Bonchev–Trinajstić information content (AvgIpc) is 2.37. The van der Waals surface area contributed by atoms with E-state index in [0.717, 1.165) is 25.1 Å². The fraction of sp³-hybridized carbons (Fsp3) is 0.333. The highest BCUT2D eigenvalue weighted by atomic mass is 35.5. The lowest BCUT2D eigenvalue weighted by molar-refractivity contribution is 0.582. The van der Waals surface area contributed by atoms with Gasteiger partial charge in [0.05, 0.1) is 4.90 Å². The van der Waals surface area contributed by atoms with Gasteiger partial charge in [0.2, 0.25) is 10.0 Å². The molecule has 1 aliphatic rings. The molecule has 0 saturated carbocycles. The van der Waals surface area contributed by atoms with Gasteiger partial charge in [0.15, 0.2) is 0 Å². The zero-order chi connectivity index (χ0) is 13.9. The summed E-state index contributed by atoms with van der Waals surface area (Å²) in [6.45, 7) is 1.96. The monoisotopic (exact) mass is 356 g/mol. The van der Waals surface area contributed by atoms with Gasteiger partial charge in [-0.25, -0.2) is 13.1 Å². The number of benzene rings is 1. The third-order valence-corrected chi connectivity index (χ3v) is 4.61. The quantitative estimate of drug-likeness (QED) is 0.814. The minimum Gasteiger partial charge on any atom is -0.313 e. The molecule has 0 bridgehead atoms. The first-order chi connectivity index (χ1) is 8.97. The number of nitrogens with one attached hydrogen (secondary N) is 2. The van der Waals surface area contributed by atoms with Crippen molar-refractivity contribution in [3.8, 4) is 0 Å². The summed E-state index contributed by atoms with van der Waals surface area (Å²) in [6.07, 6.45) is 2.84. The summed E-state index contributed by atoms with van der Waals surface area (Å²) in [5, 5.41) is 3.77. The van der Waals surface area contributed by atoms with Gasteiger partial charge >= 0.3 is 0 Å². The molecule has 20 heavy (non-hydrogen) atoms. The van der Waals surface area contributed by atoms with Gasteiger partial charge in [-0.1, -0.05) is 34.9 Å². The molecule has 1 heterocycles. The van der Waals surface area contributed by atoms with E-state index < -0.39 is 10.0 Å². The SMILES string of the molecule is Cl.O=S(=O)(NCC1=CCNCC1)c1cc(Cl)cc(Cl)c1. The van der Waals surface area contributed by atoms with Crippen LogP contribution in [0.5, 0.6) is 0 Å². The Morgan fingerprint density at radius 2 is 1.85 bits per heavy atom. The first-order valence-corrected chi connectivity index (χ1v) is 8.06. The third kappa shape index (κ3) is 4.91. The first kappa shape index (κ1) is 17.8. The van der Waals surface area contributed by atoms with E-state index in [2.05, 4.69) is 10.0 Å². The molecule has 0 saturated heterocycles. The molecule has 1 aliphatic heterocycles. The molecule has 0 fully saturated rings. The summed E-state index contributed by atoms with van der Waals surface area (Å²) < 4.78 is 26.8. The Balaban J connectivity index is 0.00000200. The standard InChI is InChI=1S/C12H14Cl2N2O2S.ClH/c13-10-5-11(14)7-12(6-10)19(17,18)16-8-9-1-3-15-4-2-9;/h1,5-7,15-16H,2-4,8H2;1H. The van der Waals surface area contributed by atoms with Crippen LogP contribution in [-0.2, 0) is 10.0 Å². The van der Waals surface area contributed by atoms with E-state index >= 15 is 0 Å². The molecule has 0 aliphatic carbocycles. The van der Waals surface area contributed by atoms with E-state index in [1.54, 1.807) is 0 Å². The summed E-state index contributed by atoms with van der Waals surface area (Å²) in [5.74, 6) is 0. The Kier molecular flexibility index (Phi) is 6.78. The molecule has 0 amide bonds. The number of rotatable bonds is 4. The lowest BCUT2D eigenvalue weighted by Crippen LogP contribution is -2.29. The van der Waals surface area contributed by atoms with E-state index in [9.17, 15) is 8.42 Å². The van der Waals surface area contributed by atoms with Crippen LogP contribution >= 0.6 is 35.6 Å². The van der Waals surface area contributed by atoms with E-state index in [1.807, 2.05) is 6.08 Å². The Hall–Kier alpha value is -0.300. The maximum absolute atomic E-state index is 12.1. The first-order valence-electron chi connectivity index (χ1n) is 5.82. The number of hydrogen-bond acceptors (Lipinski definition) is 3. The molecule has 2 rings (SSSR count). The van der Waals surface area contributed by atoms with Crippen molar-refractivity contribution in [3.05, 3.63) is 39.9 Å². The lowest BCUT2D eigenvalue weighted by Gasteiger charge is -2.15. The van der Waals surface area contributed by atoms with Gasteiger partial charge in [-0.3, -0.25) is 0 Å². The van der Waals surface area contributed by atoms with Crippen LogP contribution in [0.4, 0.5) is 0 Å². The molecule has 0 radical (unpaired) electrons. The third-order valence-electron chi connectivity index (χ3n) is 2.79. The second-order valence-electron chi connectivity index (χ2n) is 4.25. The molecule has 1 aromatic rings. The van der Waals surface area contributed by atoms with Crippen LogP contribution < -0.4 is 10.0 Å². The molecule has 4 nitrogen and oxygen atoms in total. The van der Waals surface area contributed by atoms with Gasteiger partial charge in [0.25, 0.3) is 0 Å². The molecule has 0 spiro atoms. The van der Waals surface area contributed by atoms with Gasteiger partial charge in [-0.15, -0.1) is 12.4 Å². The molecule has 1 aromatic carbocycles. The second-order valence-corrected chi connectivity index (χ2v) is 6.89. The largest absolute Gasteiger partial charge is 0.313 e. The number of sulfonamides is 1. The molecular weight excluding hydrogens is 343 g/mol. The van der Waals surface area contributed by atoms with Crippen LogP contribution in [0.15, 0.2) is 34.7 Å². The van der Waals surface area contributed by atoms with Gasteiger partial charge < -0.3 is 5.32 Å². The van der Waals surface area contributed by atoms with Crippen LogP contribution in [0.25, 0.3) is 0 Å². The van der Waals surface area contributed by atoms with Gasteiger partial charge in [0.1, 0.15) is 0 Å². The van der Waals surface area contributed by atoms with Crippen molar-refractivity contribution in [1.29, 1.82) is 0 Å². The maximum atomic E-state index is 12.1. The Labute approximate surface area is 135 Å². The molecule has 2 N–H and O–H groups in total. The van der Waals surface area contributed by atoms with Crippen LogP contribution in [0, 0.1) is 0 Å². The van der Waals surface area contributed by atoms with Crippen molar-refractivity contribution >= 4 is 45.6 Å². The Morgan fingerprint density at radius 1 is 1.20 bits per heavy atom. The highest BCUT2D eigenvalue weighted by Crippen LogP contribution is 2.22. The van der Waals surface area contributed by atoms with Crippen molar-refractivity contribution in [2.45, 2.75) is 11.3 Å². The van der Waals surface area contributed by atoms with E-state index in [4.69, 9.17) is 23.2 Å². The van der Waals surface area contributed by atoms with Crippen LogP contribution in [0.3, 0.4) is 0 Å². The van der Waals surface area contributed by atoms with Crippen LogP contribution in [-0.4, -0.2) is 28.1 Å². The molecule has 112 valence electrons. The molecule has 0 unspecified atom stereocenters. The summed E-state index contributed by atoms with van der Waals surface area (Å²) in [6, 6.07) is 4.26. The minimum absolute atomic E-state index is 0. The fourth-order valence-electron chi connectivity index (χ4n) is 1.78. The number of halogens is 3. The van der Waals surface area contributed by atoms with Crippen LogP contribution in [0.2, 0.25) is 10.0 Å². The zero-order valence-corrected chi connectivity index (χ0v) is 13.7. The van der Waals surface area contributed by atoms with Crippen molar-refractivity contribution in [3.63, 3.8) is 0 Å². The molecule has 0 atom stereocenters. The highest BCUT2D eigenvalue weighted by molar-refractivity contribution is 7.89. The highest BCUT2D eigenvalue weighted by Gasteiger charge is 2.16. The van der Waals surface area contributed by atoms with Crippen molar-refractivity contribution in [1.82, 2.24) is 10.0 Å². The molecule has 0 aromatic heterocycles. The van der Waals surface area contributed by atoms with Crippen LogP contribution in [0.1, 0.15) is 6.42 Å². The van der Waals surface area contributed by atoms with E-state index in [0.29, 0.717) is 16.6 Å². The van der Waals surface area contributed by atoms with Gasteiger partial charge in [0, 0.05) is 23.1 Å². The summed E-state index contributed by atoms with van der Waals surface area (Å²) in [5.41, 5.74) is 1.08. The summed E-state index contributed by atoms with van der Waals surface area (Å²) in [7, 11) is -3.58. The van der Waals surface area contributed by atoms with Crippen molar-refractivity contribution in [2.24, 2.45) is 0 Å². The van der Waals surface area contributed by atoms with Crippen molar-refractivity contribution in [2.75, 3.05) is 19.6 Å². The van der Waals surface area contributed by atoms with E-state index in [1.165, 1.54) is 18.2 Å².